The molecule has 1 aliphatic rings. The standard InChI is InChI=1S/C12H12F2O2/c13-12(14)10(15)3-1-8-2-4-11-9(7-8)5-6-16-11/h2,4,7,12H,1,3,5-6H2. The maximum Gasteiger partial charge on any atom is 0.295 e. The summed E-state index contributed by atoms with van der Waals surface area (Å²) in [7, 11) is 0. The van der Waals surface area contributed by atoms with E-state index < -0.39 is 12.2 Å². The van der Waals surface area contributed by atoms with Gasteiger partial charge in [-0.3, -0.25) is 4.79 Å². The average Bonchev–Trinajstić information content (AvgIpc) is 2.72. The summed E-state index contributed by atoms with van der Waals surface area (Å²) in [5, 5.41) is 0. The van der Waals surface area contributed by atoms with Gasteiger partial charge in [0.05, 0.1) is 6.61 Å². The number of carbonyl (C=O) groups is 1. The number of carbonyl (C=O) groups excluding carboxylic acids is 1. The third kappa shape index (κ3) is 2.38. The van der Waals surface area contributed by atoms with E-state index >= 15 is 0 Å². The zero-order valence-corrected chi connectivity index (χ0v) is 8.71. The lowest BCUT2D eigenvalue weighted by Gasteiger charge is -2.03. The summed E-state index contributed by atoms with van der Waals surface area (Å²) >= 11 is 0. The smallest absolute Gasteiger partial charge is 0.295 e. The van der Waals surface area contributed by atoms with Crippen molar-refractivity contribution in [1.82, 2.24) is 0 Å². The highest BCUT2D eigenvalue weighted by Gasteiger charge is 2.16. The molecule has 2 nitrogen and oxygen atoms in total. The molecule has 0 atom stereocenters. The maximum atomic E-state index is 12.0. The SMILES string of the molecule is O=C(CCc1ccc2c(c1)CCO2)C(F)F. The van der Waals surface area contributed by atoms with Gasteiger partial charge < -0.3 is 4.74 Å². The highest BCUT2D eigenvalue weighted by atomic mass is 19.3. The molecule has 0 amide bonds. The summed E-state index contributed by atoms with van der Waals surface area (Å²) in [5.41, 5.74) is 2.01. The Bertz CT molecular complexity index is 402. The van der Waals surface area contributed by atoms with Gasteiger partial charge in [-0.05, 0) is 23.6 Å². The fourth-order valence-corrected chi connectivity index (χ4v) is 1.77. The van der Waals surface area contributed by atoms with E-state index in [4.69, 9.17) is 4.74 Å². The van der Waals surface area contributed by atoms with Crippen molar-refractivity contribution in [3.8, 4) is 5.75 Å². The lowest BCUT2D eigenvalue weighted by molar-refractivity contribution is -0.129. The minimum absolute atomic E-state index is 0.0999. The van der Waals surface area contributed by atoms with E-state index in [1.807, 2.05) is 18.2 Å². The lowest BCUT2D eigenvalue weighted by atomic mass is 10.0. The van der Waals surface area contributed by atoms with Crippen LogP contribution < -0.4 is 4.74 Å². The molecule has 0 spiro atoms. The van der Waals surface area contributed by atoms with E-state index in [0.29, 0.717) is 13.0 Å². The van der Waals surface area contributed by atoms with Gasteiger partial charge in [0.2, 0.25) is 0 Å². The first kappa shape index (κ1) is 11.0. The van der Waals surface area contributed by atoms with Crippen molar-refractivity contribution in [3.05, 3.63) is 29.3 Å². The first-order chi connectivity index (χ1) is 7.66. The minimum Gasteiger partial charge on any atom is -0.493 e. The number of hydrogen-bond donors (Lipinski definition) is 0. The number of hydrogen-bond acceptors (Lipinski definition) is 2. The Labute approximate surface area is 92.2 Å². The number of ketones is 1. The van der Waals surface area contributed by atoms with Crippen LogP contribution in [0.1, 0.15) is 17.5 Å². The van der Waals surface area contributed by atoms with E-state index in [1.54, 1.807) is 0 Å². The van der Waals surface area contributed by atoms with Crippen molar-refractivity contribution < 1.29 is 18.3 Å². The molecule has 0 unspecified atom stereocenters. The predicted molar refractivity (Wildman–Crippen MR) is 55.0 cm³/mol. The van der Waals surface area contributed by atoms with Crippen LogP contribution in [0.25, 0.3) is 0 Å². The Morgan fingerprint density at radius 1 is 1.44 bits per heavy atom. The van der Waals surface area contributed by atoms with Crippen molar-refractivity contribution in [3.63, 3.8) is 0 Å². The van der Waals surface area contributed by atoms with Crippen molar-refractivity contribution in [1.29, 1.82) is 0 Å². The number of benzene rings is 1. The van der Waals surface area contributed by atoms with Crippen LogP contribution in [0.5, 0.6) is 5.75 Å². The minimum atomic E-state index is -2.85. The molecule has 0 saturated carbocycles. The third-order valence-electron chi connectivity index (χ3n) is 2.66. The number of halogens is 2. The number of fused-ring (bicyclic) bond motifs is 1. The van der Waals surface area contributed by atoms with Crippen LogP contribution in [0.3, 0.4) is 0 Å². The van der Waals surface area contributed by atoms with Crippen LogP contribution >= 0.6 is 0 Å². The molecule has 16 heavy (non-hydrogen) atoms. The number of rotatable bonds is 4. The third-order valence-corrected chi connectivity index (χ3v) is 2.66. The van der Waals surface area contributed by atoms with Gasteiger partial charge in [-0.15, -0.1) is 0 Å². The summed E-state index contributed by atoms with van der Waals surface area (Å²) in [6, 6.07) is 5.59. The van der Waals surface area contributed by atoms with Crippen LogP contribution in [0.4, 0.5) is 8.78 Å². The summed E-state index contributed by atoms with van der Waals surface area (Å²) in [4.78, 5) is 10.8. The Hall–Kier alpha value is -1.45. The highest BCUT2D eigenvalue weighted by molar-refractivity contribution is 5.81. The maximum absolute atomic E-state index is 12.0. The molecular weight excluding hydrogens is 214 g/mol. The molecule has 0 aromatic heterocycles. The van der Waals surface area contributed by atoms with Crippen LogP contribution in [0, 0.1) is 0 Å². The molecule has 0 fully saturated rings. The first-order valence-electron chi connectivity index (χ1n) is 5.22. The molecule has 2 rings (SSSR count). The molecule has 0 bridgehead atoms. The molecule has 0 radical (unpaired) electrons. The monoisotopic (exact) mass is 226 g/mol. The van der Waals surface area contributed by atoms with Gasteiger partial charge in [-0.25, -0.2) is 8.78 Å². The van der Waals surface area contributed by atoms with Gasteiger partial charge in [0.15, 0.2) is 5.78 Å². The normalized spacial score (nSPS) is 13.7. The lowest BCUT2D eigenvalue weighted by Crippen LogP contribution is -2.10. The fraction of sp³-hybridized carbons (Fsp3) is 0.417. The molecule has 0 saturated heterocycles. The van der Waals surface area contributed by atoms with Crippen LogP contribution in [0.15, 0.2) is 18.2 Å². The average molecular weight is 226 g/mol. The first-order valence-corrected chi connectivity index (χ1v) is 5.22. The molecule has 1 aromatic rings. The second-order valence-electron chi connectivity index (χ2n) is 3.81. The van der Waals surface area contributed by atoms with Crippen molar-refractivity contribution in [2.45, 2.75) is 25.7 Å². The van der Waals surface area contributed by atoms with Crippen LogP contribution in [-0.2, 0) is 17.6 Å². The zero-order chi connectivity index (χ0) is 11.5. The molecule has 86 valence electrons. The Morgan fingerprint density at radius 2 is 2.25 bits per heavy atom. The van der Waals surface area contributed by atoms with E-state index in [9.17, 15) is 13.6 Å². The van der Waals surface area contributed by atoms with E-state index in [0.717, 1.165) is 23.3 Å². The second kappa shape index (κ2) is 4.60. The Morgan fingerprint density at radius 3 is 3.00 bits per heavy atom. The van der Waals surface area contributed by atoms with E-state index in [-0.39, 0.29) is 6.42 Å². The van der Waals surface area contributed by atoms with Crippen molar-refractivity contribution >= 4 is 5.78 Å². The van der Waals surface area contributed by atoms with Crippen LogP contribution in [0.2, 0.25) is 0 Å². The topological polar surface area (TPSA) is 26.3 Å². The molecule has 4 heteroatoms. The molecule has 1 heterocycles. The quantitative estimate of drug-likeness (QED) is 0.788. The van der Waals surface area contributed by atoms with Crippen LogP contribution in [-0.4, -0.2) is 18.8 Å². The Balaban J connectivity index is 1.98. The van der Waals surface area contributed by atoms with E-state index in [2.05, 4.69) is 0 Å². The molecule has 1 aliphatic heterocycles. The van der Waals surface area contributed by atoms with Gasteiger partial charge in [0.25, 0.3) is 6.43 Å². The molecule has 1 aromatic carbocycles. The number of ether oxygens (including phenoxy) is 1. The van der Waals surface area contributed by atoms with Crippen molar-refractivity contribution in [2.75, 3.05) is 6.61 Å². The summed E-state index contributed by atoms with van der Waals surface area (Å²) < 4.78 is 29.3. The van der Waals surface area contributed by atoms with Gasteiger partial charge in [0.1, 0.15) is 5.75 Å². The fourth-order valence-electron chi connectivity index (χ4n) is 1.77. The molecule has 0 aliphatic carbocycles. The van der Waals surface area contributed by atoms with Crippen molar-refractivity contribution in [2.24, 2.45) is 0 Å². The van der Waals surface area contributed by atoms with Gasteiger partial charge >= 0.3 is 0 Å². The number of alkyl halides is 2. The Kier molecular flexibility index (Phi) is 3.17. The highest BCUT2D eigenvalue weighted by Crippen LogP contribution is 2.26. The second-order valence-corrected chi connectivity index (χ2v) is 3.81. The summed E-state index contributed by atoms with van der Waals surface area (Å²) in [5.74, 6) is -0.124. The van der Waals surface area contributed by atoms with Gasteiger partial charge in [-0.2, -0.15) is 0 Å². The van der Waals surface area contributed by atoms with Gasteiger partial charge in [-0.1, -0.05) is 12.1 Å². The zero-order valence-electron chi connectivity index (χ0n) is 8.71. The number of Topliss-reactive ketones (excluding diaryl/α,β-unsaturated/α-hetero) is 1. The largest absolute Gasteiger partial charge is 0.493 e. The van der Waals surface area contributed by atoms with E-state index in [1.165, 1.54) is 0 Å². The molecule has 0 N–H and O–H groups in total. The molecular formula is C12H12F2O2. The number of aryl methyl sites for hydroxylation is 1. The summed E-state index contributed by atoms with van der Waals surface area (Å²) in [6.07, 6.45) is -1.72. The van der Waals surface area contributed by atoms with Gasteiger partial charge in [0, 0.05) is 12.8 Å². The predicted octanol–water partition coefficient (Wildman–Crippen LogP) is 2.39. The summed E-state index contributed by atoms with van der Waals surface area (Å²) in [6.45, 7) is 0.675.